The van der Waals surface area contributed by atoms with Crippen LogP contribution in [0.5, 0.6) is 0 Å². The van der Waals surface area contributed by atoms with E-state index >= 15 is 0 Å². The molecule has 2 aromatic carbocycles. The maximum absolute atomic E-state index is 13.1. The average Bonchev–Trinajstić information content (AvgIpc) is 3.36. The molecule has 4 rings (SSSR count). The lowest BCUT2D eigenvalue weighted by molar-refractivity contribution is -0.384. The number of carbonyl (C=O) groups excluding carboxylic acids is 1. The molecular formula is C23H29N5O6S. The number of nitro groups is 1. The minimum absolute atomic E-state index is 0.00401. The molecule has 2 aromatic rings. The number of ether oxygens (including phenoxy) is 1. The number of piperazine rings is 1. The van der Waals surface area contributed by atoms with E-state index in [2.05, 4.69) is 10.6 Å². The van der Waals surface area contributed by atoms with Crippen LogP contribution in [-0.4, -0.2) is 69.0 Å². The SMILES string of the molecule is CC(=O)Nc1ccc(S(=O)(=O)N2CCN(c3ccc([N+](=O)[O-])c(NC[C@H]4CCCO4)c3)CC2)cc1. The number of rotatable bonds is 8. The lowest BCUT2D eigenvalue weighted by Crippen LogP contribution is -2.48. The Bertz CT molecular complexity index is 1170. The number of nitro benzene ring substituents is 1. The van der Waals surface area contributed by atoms with Crippen molar-refractivity contribution in [3.8, 4) is 0 Å². The van der Waals surface area contributed by atoms with E-state index in [1.807, 2.05) is 4.90 Å². The standard InChI is InChI=1S/C23H29N5O6S/c1-17(29)25-18-4-7-21(8-5-18)35(32,33)27-12-10-26(11-13-27)19-6-9-23(28(30)31)22(15-19)24-16-20-3-2-14-34-20/h4-9,15,20,24H,2-3,10-14,16H2,1H3,(H,25,29)/t20-/m1/s1. The van der Waals surface area contributed by atoms with Gasteiger partial charge in [0.1, 0.15) is 5.69 Å². The molecule has 188 valence electrons. The smallest absolute Gasteiger partial charge is 0.292 e. The molecule has 2 N–H and O–H groups in total. The van der Waals surface area contributed by atoms with Gasteiger partial charge in [-0.05, 0) is 49.2 Å². The highest BCUT2D eigenvalue weighted by Gasteiger charge is 2.29. The number of sulfonamides is 1. The molecule has 0 aromatic heterocycles. The molecule has 11 nitrogen and oxygen atoms in total. The van der Waals surface area contributed by atoms with E-state index in [-0.39, 0.29) is 35.7 Å². The van der Waals surface area contributed by atoms with Gasteiger partial charge in [0.25, 0.3) is 5.69 Å². The molecule has 0 spiro atoms. The van der Waals surface area contributed by atoms with Crippen LogP contribution in [0, 0.1) is 10.1 Å². The van der Waals surface area contributed by atoms with E-state index in [0.29, 0.717) is 37.6 Å². The van der Waals surface area contributed by atoms with Crippen LogP contribution in [-0.2, 0) is 19.6 Å². The maximum Gasteiger partial charge on any atom is 0.292 e. The van der Waals surface area contributed by atoms with Gasteiger partial charge in [0, 0.05) is 63.7 Å². The highest BCUT2D eigenvalue weighted by Crippen LogP contribution is 2.31. The zero-order valence-corrected chi connectivity index (χ0v) is 20.3. The summed E-state index contributed by atoms with van der Waals surface area (Å²) in [5.74, 6) is -0.229. The third-order valence-electron chi connectivity index (χ3n) is 6.14. The normalized spacial score (nSPS) is 18.9. The fourth-order valence-corrected chi connectivity index (χ4v) is 5.72. The minimum atomic E-state index is -3.68. The van der Waals surface area contributed by atoms with Crippen LogP contribution in [0.4, 0.5) is 22.7 Å². The molecule has 12 heteroatoms. The number of hydrogen-bond acceptors (Lipinski definition) is 8. The lowest BCUT2D eigenvalue weighted by atomic mass is 10.2. The Kier molecular flexibility index (Phi) is 7.53. The van der Waals surface area contributed by atoms with Gasteiger partial charge in [0.05, 0.1) is 15.9 Å². The van der Waals surface area contributed by atoms with E-state index < -0.39 is 14.9 Å². The number of amides is 1. The first-order valence-corrected chi connectivity index (χ1v) is 12.9. The quantitative estimate of drug-likeness (QED) is 0.415. The highest BCUT2D eigenvalue weighted by atomic mass is 32.2. The van der Waals surface area contributed by atoms with Gasteiger partial charge in [-0.1, -0.05) is 0 Å². The van der Waals surface area contributed by atoms with Gasteiger partial charge in [-0.3, -0.25) is 14.9 Å². The molecule has 2 saturated heterocycles. The maximum atomic E-state index is 13.1. The number of nitrogens with one attached hydrogen (secondary N) is 2. The third-order valence-corrected chi connectivity index (χ3v) is 8.05. The zero-order chi connectivity index (χ0) is 25.0. The molecule has 1 atom stereocenters. The second kappa shape index (κ2) is 10.6. The van der Waals surface area contributed by atoms with Gasteiger partial charge in [-0.15, -0.1) is 0 Å². The van der Waals surface area contributed by atoms with Crippen molar-refractivity contribution in [2.45, 2.75) is 30.8 Å². The Balaban J connectivity index is 1.42. The predicted molar refractivity (Wildman–Crippen MR) is 132 cm³/mol. The summed E-state index contributed by atoms with van der Waals surface area (Å²) in [6.07, 6.45) is 1.95. The van der Waals surface area contributed by atoms with Crippen LogP contribution in [0.1, 0.15) is 19.8 Å². The summed E-state index contributed by atoms with van der Waals surface area (Å²) in [5, 5.41) is 17.3. The van der Waals surface area contributed by atoms with Crippen molar-refractivity contribution in [1.29, 1.82) is 0 Å². The first-order valence-electron chi connectivity index (χ1n) is 11.5. The first-order chi connectivity index (χ1) is 16.7. The van der Waals surface area contributed by atoms with E-state index in [4.69, 9.17) is 4.74 Å². The second-order valence-corrected chi connectivity index (χ2v) is 10.5. The van der Waals surface area contributed by atoms with Crippen LogP contribution in [0.2, 0.25) is 0 Å². The van der Waals surface area contributed by atoms with Crippen LogP contribution in [0.3, 0.4) is 0 Å². The topological polar surface area (TPSA) is 134 Å². The molecular weight excluding hydrogens is 474 g/mol. The fourth-order valence-electron chi connectivity index (χ4n) is 4.30. The Morgan fingerprint density at radius 3 is 2.46 bits per heavy atom. The Morgan fingerprint density at radius 2 is 1.86 bits per heavy atom. The Hall–Kier alpha value is -3.22. The molecule has 2 aliphatic rings. The van der Waals surface area contributed by atoms with Crippen molar-refractivity contribution in [2.75, 3.05) is 54.9 Å². The van der Waals surface area contributed by atoms with E-state index in [1.54, 1.807) is 24.3 Å². The first kappa shape index (κ1) is 24.9. The number of hydrogen-bond donors (Lipinski definition) is 2. The van der Waals surface area contributed by atoms with Gasteiger partial charge in [0.2, 0.25) is 15.9 Å². The molecule has 0 unspecified atom stereocenters. The summed E-state index contributed by atoms with van der Waals surface area (Å²) in [7, 11) is -3.68. The summed E-state index contributed by atoms with van der Waals surface area (Å²) in [4.78, 5) is 24.4. The number of benzene rings is 2. The number of anilines is 3. The summed E-state index contributed by atoms with van der Waals surface area (Å²) < 4.78 is 33.2. The molecule has 0 radical (unpaired) electrons. The van der Waals surface area contributed by atoms with Crippen LogP contribution in [0.25, 0.3) is 0 Å². The molecule has 0 bridgehead atoms. The molecule has 0 saturated carbocycles. The van der Waals surface area contributed by atoms with E-state index in [0.717, 1.165) is 18.5 Å². The minimum Gasteiger partial charge on any atom is -0.377 e. The largest absolute Gasteiger partial charge is 0.377 e. The van der Waals surface area contributed by atoms with Gasteiger partial charge in [-0.25, -0.2) is 8.42 Å². The van der Waals surface area contributed by atoms with Crippen molar-refractivity contribution in [2.24, 2.45) is 0 Å². The third kappa shape index (κ3) is 5.89. The summed E-state index contributed by atoms with van der Waals surface area (Å²) in [6.45, 7) is 4.06. The van der Waals surface area contributed by atoms with Crippen molar-refractivity contribution >= 4 is 38.7 Å². The summed E-state index contributed by atoms with van der Waals surface area (Å²) in [6, 6.07) is 11.0. The predicted octanol–water partition coefficient (Wildman–Crippen LogP) is 2.66. The highest BCUT2D eigenvalue weighted by molar-refractivity contribution is 7.89. The van der Waals surface area contributed by atoms with Gasteiger partial charge >= 0.3 is 0 Å². The van der Waals surface area contributed by atoms with E-state index in [9.17, 15) is 23.3 Å². The van der Waals surface area contributed by atoms with Crippen LogP contribution >= 0.6 is 0 Å². The second-order valence-electron chi connectivity index (χ2n) is 8.57. The Morgan fingerprint density at radius 1 is 1.14 bits per heavy atom. The fraction of sp³-hybridized carbons (Fsp3) is 0.435. The molecule has 35 heavy (non-hydrogen) atoms. The molecule has 1 amide bonds. The van der Waals surface area contributed by atoms with Crippen molar-refractivity contribution < 1.29 is 22.9 Å². The van der Waals surface area contributed by atoms with E-state index in [1.165, 1.54) is 29.4 Å². The molecule has 2 fully saturated rings. The van der Waals surface area contributed by atoms with Crippen LogP contribution in [0.15, 0.2) is 47.4 Å². The summed E-state index contributed by atoms with van der Waals surface area (Å²) >= 11 is 0. The van der Waals surface area contributed by atoms with Crippen LogP contribution < -0.4 is 15.5 Å². The van der Waals surface area contributed by atoms with Crippen molar-refractivity contribution in [3.63, 3.8) is 0 Å². The lowest BCUT2D eigenvalue weighted by Gasteiger charge is -2.35. The average molecular weight is 504 g/mol. The molecule has 2 aliphatic heterocycles. The summed E-state index contributed by atoms with van der Waals surface area (Å²) in [5.41, 5.74) is 1.75. The van der Waals surface area contributed by atoms with Gasteiger partial charge in [0.15, 0.2) is 0 Å². The number of nitrogens with zero attached hydrogens (tertiary/aromatic N) is 3. The molecule has 0 aliphatic carbocycles. The zero-order valence-electron chi connectivity index (χ0n) is 19.5. The van der Waals surface area contributed by atoms with Gasteiger partial charge in [-0.2, -0.15) is 4.31 Å². The van der Waals surface area contributed by atoms with Crippen molar-refractivity contribution in [1.82, 2.24) is 4.31 Å². The monoisotopic (exact) mass is 503 g/mol. The molecule has 2 heterocycles. The van der Waals surface area contributed by atoms with Gasteiger partial charge < -0.3 is 20.3 Å². The Labute approximate surface area is 204 Å². The van der Waals surface area contributed by atoms with Crippen molar-refractivity contribution in [3.05, 3.63) is 52.6 Å². The number of carbonyl (C=O) groups is 1.